The van der Waals surface area contributed by atoms with Crippen LogP contribution in [-0.2, 0) is 6.54 Å². The standard InChI is InChI=1S/C10H8N4S/c1-2-4-10-8(3-1)9(13-15-10)5-14-7-11-6-12-14/h1-4,6-7H,5H2. The molecule has 0 bridgehead atoms. The van der Waals surface area contributed by atoms with Crippen molar-refractivity contribution in [2.75, 3.05) is 0 Å². The van der Waals surface area contributed by atoms with Crippen LogP contribution in [0.2, 0.25) is 0 Å². The van der Waals surface area contributed by atoms with Gasteiger partial charge in [0, 0.05) is 5.39 Å². The minimum Gasteiger partial charge on any atom is -0.247 e. The summed E-state index contributed by atoms with van der Waals surface area (Å²) in [7, 11) is 0. The number of aromatic nitrogens is 4. The molecule has 0 amide bonds. The van der Waals surface area contributed by atoms with Crippen LogP contribution in [0.1, 0.15) is 5.69 Å². The van der Waals surface area contributed by atoms with Crippen LogP contribution in [0.15, 0.2) is 36.9 Å². The molecule has 0 aliphatic rings. The smallest absolute Gasteiger partial charge is 0.137 e. The summed E-state index contributed by atoms with van der Waals surface area (Å²) in [6.07, 6.45) is 3.24. The lowest BCUT2D eigenvalue weighted by molar-refractivity contribution is 0.679. The van der Waals surface area contributed by atoms with Gasteiger partial charge in [-0.3, -0.25) is 0 Å². The van der Waals surface area contributed by atoms with Gasteiger partial charge in [0.05, 0.1) is 16.9 Å². The zero-order chi connectivity index (χ0) is 10.1. The van der Waals surface area contributed by atoms with Crippen LogP contribution in [0.3, 0.4) is 0 Å². The third-order valence-electron chi connectivity index (χ3n) is 2.23. The molecule has 0 saturated heterocycles. The number of hydrogen-bond acceptors (Lipinski definition) is 4. The van der Waals surface area contributed by atoms with Crippen molar-refractivity contribution in [2.45, 2.75) is 6.54 Å². The molecular weight excluding hydrogens is 208 g/mol. The van der Waals surface area contributed by atoms with E-state index in [2.05, 4.69) is 26.6 Å². The summed E-state index contributed by atoms with van der Waals surface area (Å²) < 4.78 is 7.42. The minimum atomic E-state index is 0.685. The second kappa shape index (κ2) is 3.43. The van der Waals surface area contributed by atoms with Crippen molar-refractivity contribution in [3.05, 3.63) is 42.6 Å². The highest BCUT2D eigenvalue weighted by molar-refractivity contribution is 7.13. The molecule has 0 saturated carbocycles. The van der Waals surface area contributed by atoms with Gasteiger partial charge in [0.2, 0.25) is 0 Å². The van der Waals surface area contributed by atoms with E-state index in [0.29, 0.717) is 6.54 Å². The van der Waals surface area contributed by atoms with E-state index in [4.69, 9.17) is 0 Å². The Kier molecular flexibility index (Phi) is 1.96. The molecule has 74 valence electrons. The van der Waals surface area contributed by atoms with E-state index in [0.717, 1.165) is 5.69 Å². The van der Waals surface area contributed by atoms with Gasteiger partial charge in [-0.1, -0.05) is 18.2 Å². The second-order valence-corrected chi connectivity index (χ2v) is 4.02. The van der Waals surface area contributed by atoms with Crippen LogP contribution in [0.25, 0.3) is 10.1 Å². The first-order valence-corrected chi connectivity index (χ1v) is 5.36. The highest BCUT2D eigenvalue weighted by atomic mass is 32.1. The maximum Gasteiger partial charge on any atom is 0.137 e. The molecule has 2 aromatic heterocycles. The van der Waals surface area contributed by atoms with E-state index in [1.807, 2.05) is 12.1 Å². The predicted molar refractivity (Wildman–Crippen MR) is 58.7 cm³/mol. The van der Waals surface area contributed by atoms with Crippen LogP contribution in [0.4, 0.5) is 0 Å². The molecule has 3 aromatic rings. The van der Waals surface area contributed by atoms with Gasteiger partial charge in [0.15, 0.2) is 0 Å². The van der Waals surface area contributed by atoms with Gasteiger partial charge in [0.1, 0.15) is 12.7 Å². The quantitative estimate of drug-likeness (QED) is 0.657. The molecule has 3 rings (SSSR count). The van der Waals surface area contributed by atoms with Crippen LogP contribution in [-0.4, -0.2) is 19.1 Å². The number of nitrogens with zero attached hydrogens (tertiary/aromatic N) is 4. The Morgan fingerprint density at radius 1 is 1.27 bits per heavy atom. The molecular formula is C10H8N4S. The zero-order valence-corrected chi connectivity index (χ0v) is 8.68. The number of rotatable bonds is 2. The van der Waals surface area contributed by atoms with Gasteiger partial charge in [-0.05, 0) is 17.6 Å². The molecule has 1 aromatic carbocycles. The van der Waals surface area contributed by atoms with E-state index < -0.39 is 0 Å². The van der Waals surface area contributed by atoms with Gasteiger partial charge in [0.25, 0.3) is 0 Å². The molecule has 5 heteroatoms. The predicted octanol–water partition coefficient (Wildman–Crippen LogP) is 1.94. The number of fused-ring (bicyclic) bond motifs is 1. The van der Waals surface area contributed by atoms with Crippen LogP contribution < -0.4 is 0 Å². The monoisotopic (exact) mass is 216 g/mol. The zero-order valence-electron chi connectivity index (χ0n) is 7.87. The van der Waals surface area contributed by atoms with Gasteiger partial charge in [-0.25, -0.2) is 9.67 Å². The first-order chi connectivity index (χ1) is 7.43. The summed E-state index contributed by atoms with van der Waals surface area (Å²) in [4.78, 5) is 3.91. The topological polar surface area (TPSA) is 43.6 Å². The summed E-state index contributed by atoms with van der Waals surface area (Å²) in [6.45, 7) is 0.685. The summed E-state index contributed by atoms with van der Waals surface area (Å²) in [5.74, 6) is 0. The summed E-state index contributed by atoms with van der Waals surface area (Å²) in [5.41, 5.74) is 1.06. The van der Waals surface area contributed by atoms with Crippen molar-refractivity contribution in [3.63, 3.8) is 0 Å². The Balaban J connectivity index is 2.05. The minimum absolute atomic E-state index is 0.685. The number of hydrogen-bond donors (Lipinski definition) is 0. The van der Waals surface area contributed by atoms with Gasteiger partial charge >= 0.3 is 0 Å². The number of benzene rings is 1. The molecule has 0 unspecified atom stereocenters. The molecule has 4 nitrogen and oxygen atoms in total. The van der Waals surface area contributed by atoms with E-state index in [-0.39, 0.29) is 0 Å². The van der Waals surface area contributed by atoms with Crippen molar-refractivity contribution in [3.8, 4) is 0 Å². The first kappa shape index (κ1) is 8.55. The van der Waals surface area contributed by atoms with Gasteiger partial charge in [-0.15, -0.1) is 0 Å². The molecule has 0 aliphatic heterocycles. The second-order valence-electron chi connectivity index (χ2n) is 3.22. The summed E-state index contributed by atoms with van der Waals surface area (Å²) in [6, 6.07) is 8.23. The lowest BCUT2D eigenvalue weighted by Gasteiger charge is -1.96. The fraction of sp³-hybridized carbons (Fsp3) is 0.100. The lowest BCUT2D eigenvalue weighted by atomic mass is 10.2. The molecule has 0 atom stereocenters. The van der Waals surface area contributed by atoms with E-state index in [1.54, 1.807) is 11.0 Å². The Morgan fingerprint density at radius 2 is 2.20 bits per heavy atom. The Morgan fingerprint density at radius 3 is 3.07 bits per heavy atom. The fourth-order valence-corrected chi connectivity index (χ4v) is 2.31. The van der Waals surface area contributed by atoms with Gasteiger partial charge < -0.3 is 0 Å². The average molecular weight is 216 g/mol. The third kappa shape index (κ3) is 1.50. The molecule has 2 heterocycles. The summed E-state index contributed by atoms with van der Waals surface area (Å²) >= 11 is 1.52. The molecule has 0 radical (unpaired) electrons. The average Bonchev–Trinajstić information content (AvgIpc) is 2.89. The lowest BCUT2D eigenvalue weighted by Crippen LogP contribution is -2.00. The molecule has 15 heavy (non-hydrogen) atoms. The van der Waals surface area contributed by atoms with Crippen molar-refractivity contribution >= 4 is 21.6 Å². The molecule has 0 aliphatic carbocycles. The van der Waals surface area contributed by atoms with E-state index in [1.165, 1.54) is 27.9 Å². The van der Waals surface area contributed by atoms with Crippen molar-refractivity contribution in [1.29, 1.82) is 0 Å². The van der Waals surface area contributed by atoms with Gasteiger partial charge in [-0.2, -0.15) is 9.47 Å². The molecule has 0 N–H and O–H groups in total. The van der Waals surface area contributed by atoms with Crippen LogP contribution in [0, 0.1) is 0 Å². The Bertz CT molecular complexity index is 570. The Labute approximate surface area is 90.4 Å². The largest absolute Gasteiger partial charge is 0.247 e. The van der Waals surface area contributed by atoms with E-state index in [9.17, 15) is 0 Å². The van der Waals surface area contributed by atoms with Crippen molar-refractivity contribution in [1.82, 2.24) is 19.1 Å². The van der Waals surface area contributed by atoms with Crippen LogP contribution in [0.5, 0.6) is 0 Å². The van der Waals surface area contributed by atoms with Crippen LogP contribution >= 0.6 is 11.5 Å². The third-order valence-corrected chi connectivity index (χ3v) is 3.09. The molecule has 0 spiro atoms. The fourth-order valence-electron chi connectivity index (χ4n) is 1.52. The van der Waals surface area contributed by atoms with Crippen molar-refractivity contribution in [2.24, 2.45) is 0 Å². The summed E-state index contributed by atoms with van der Waals surface area (Å²) in [5, 5.41) is 5.27. The highest BCUT2D eigenvalue weighted by Gasteiger charge is 2.05. The maximum absolute atomic E-state index is 4.42. The van der Waals surface area contributed by atoms with E-state index >= 15 is 0 Å². The first-order valence-electron chi connectivity index (χ1n) is 4.59. The molecule has 0 fully saturated rings. The van der Waals surface area contributed by atoms with Crippen molar-refractivity contribution < 1.29 is 0 Å². The highest BCUT2D eigenvalue weighted by Crippen LogP contribution is 2.22. The normalized spacial score (nSPS) is 10.9. The SMILES string of the molecule is c1ccc2c(Cn3cncn3)nsc2c1. The maximum atomic E-state index is 4.42. The Hall–Kier alpha value is -1.75.